The van der Waals surface area contributed by atoms with Crippen molar-refractivity contribution in [2.75, 3.05) is 25.3 Å². The topological polar surface area (TPSA) is 73.3 Å². The van der Waals surface area contributed by atoms with Crippen LogP contribution in [0.15, 0.2) is 46.8 Å². The Morgan fingerprint density at radius 1 is 1.19 bits per heavy atom. The smallest absolute Gasteiger partial charge is 0.210 e. The van der Waals surface area contributed by atoms with Crippen LogP contribution in [0.5, 0.6) is 11.5 Å². The third kappa shape index (κ3) is 4.95. The van der Waals surface area contributed by atoms with Gasteiger partial charge in [-0.05, 0) is 30.3 Å². The molecule has 0 aliphatic heterocycles. The molecule has 3 rings (SSSR count). The minimum absolute atomic E-state index is 0.0886. The third-order valence-corrected chi connectivity index (χ3v) is 5.49. The van der Waals surface area contributed by atoms with Gasteiger partial charge in [0.2, 0.25) is 5.13 Å². The molecule has 6 nitrogen and oxygen atoms in total. The van der Waals surface area contributed by atoms with Crippen LogP contribution in [0.1, 0.15) is 10.4 Å². The van der Waals surface area contributed by atoms with E-state index in [9.17, 15) is 9.18 Å². The first-order valence-electron chi connectivity index (χ1n) is 7.83. The van der Waals surface area contributed by atoms with Crippen molar-refractivity contribution >= 4 is 39.7 Å². The number of benzene rings is 2. The van der Waals surface area contributed by atoms with Gasteiger partial charge in [-0.1, -0.05) is 29.2 Å². The van der Waals surface area contributed by atoms with Crippen LogP contribution in [0, 0.1) is 5.82 Å². The standard InChI is InChI=1S/C18H16FN3O3S2/c1-24-13-6-7-14(16(9-13)25-2)15(23)10-26-18-22-21-17(27-18)20-12-5-3-4-11(19)8-12/h3-9H,10H2,1-2H3,(H,20,21). The summed E-state index contributed by atoms with van der Waals surface area (Å²) < 4.78 is 24.3. The molecule has 0 amide bonds. The molecule has 2 aromatic carbocycles. The van der Waals surface area contributed by atoms with Gasteiger partial charge in [-0.3, -0.25) is 4.79 Å². The highest BCUT2D eigenvalue weighted by Gasteiger charge is 2.15. The number of carbonyl (C=O) groups is 1. The molecule has 0 fully saturated rings. The molecule has 140 valence electrons. The van der Waals surface area contributed by atoms with E-state index in [1.165, 1.54) is 42.3 Å². The number of Topliss-reactive ketones (excluding diaryl/α,β-unsaturated/α-hetero) is 1. The molecule has 1 aromatic heterocycles. The Labute approximate surface area is 163 Å². The molecule has 0 bridgehead atoms. The van der Waals surface area contributed by atoms with E-state index in [-0.39, 0.29) is 17.4 Å². The quantitative estimate of drug-likeness (QED) is 0.439. The number of halogens is 1. The molecule has 1 N–H and O–H groups in total. The second-order valence-corrected chi connectivity index (χ2v) is 7.49. The first-order chi connectivity index (χ1) is 13.1. The second kappa shape index (κ2) is 8.83. The van der Waals surface area contributed by atoms with Crippen molar-refractivity contribution in [2.45, 2.75) is 4.34 Å². The Morgan fingerprint density at radius 3 is 2.78 bits per heavy atom. The number of carbonyl (C=O) groups excluding carboxylic acids is 1. The summed E-state index contributed by atoms with van der Waals surface area (Å²) in [6.07, 6.45) is 0. The fraction of sp³-hybridized carbons (Fsp3) is 0.167. The second-order valence-electron chi connectivity index (χ2n) is 5.29. The van der Waals surface area contributed by atoms with E-state index in [1.807, 2.05) is 0 Å². The van der Waals surface area contributed by atoms with E-state index in [1.54, 1.807) is 37.4 Å². The van der Waals surface area contributed by atoms with Gasteiger partial charge < -0.3 is 14.8 Å². The maximum Gasteiger partial charge on any atom is 0.210 e. The van der Waals surface area contributed by atoms with Gasteiger partial charge in [-0.2, -0.15) is 0 Å². The molecule has 1 heterocycles. The van der Waals surface area contributed by atoms with Gasteiger partial charge in [0.15, 0.2) is 10.1 Å². The Hall–Kier alpha value is -2.65. The lowest BCUT2D eigenvalue weighted by Gasteiger charge is -2.09. The van der Waals surface area contributed by atoms with E-state index >= 15 is 0 Å². The van der Waals surface area contributed by atoms with Gasteiger partial charge in [0, 0.05) is 11.8 Å². The number of ether oxygens (including phenoxy) is 2. The molecule has 0 aliphatic rings. The Morgan fingerprint density at radius 2 is 2.04 bits per heavy atom. The lowest BCUT2D eigenvalue weighted by Crippen LogP contribution is -2.05. The third-order valence-electron chi connectivity index (χ3n) is 3.52. The Bertz CT molecular complexity index is 949. The zero-order valence-electron chi connectivity index (χ0n) is 14.6. The predicted molar refractivity (Wildman–Crippen MR) is 104 cm³/mol. The van der Waals surface area contributed by atoms with Gasteiger partial charge in [0.25, 0.3) is 0 Å². The highest BCUT2D eigenvalue weighted by molar-refractivity contribution is 8.01. The molecular weight excluding hydrogens is 389 g/mol. The van der Waals surface area contributed by atoms with Crippen molar-refractivity contribution in [3.05, 3.63) is 53.8 Å². The van der Waals surface area contributed by atoms with Gasteiger partial charge >= 0.3 is 0 Å². The number of anilines is 2. The number of nitrogens with one attached hydrogen (secondary N) is 1. The van der Waals surface area contributed by atoms with E-state index < -0.39 is 0 Å². The molecule has 0 unspecified atom stereocenters. The molecule has 27 heavy (non-hydrogen) atoms. The lowest BCUT2D eigenvalue weighted by molar-refractivity contribution is 0.101. The van der Waals surface area contributed by atoms with Crippen LogP contribution in [0.4, 0.5) is 15.2 Å². The largest absolute Gasteiger partial charge is 0.497 e. The van der Waals surface area contributed by atoms with E-state index in [4.69, 9.17) is 9.47 Å². The number of ketones is 1. The molecule has 0 radical (unpaired) electrons. The summed E-state index contributed by atoms with van der Waals surface area (Å²) in [6.45, 7) is 0. The van der Waals surface area contributed by atoms with Crippen molar-refractivity contribution in [3.8, 4) is 11.5 Å². The summed E-state index contributed by atoms with van der Waals surface area (Å²) in [5, 5.41) is 11.6. The van der Waals surface area contributed by atoms with Crippen molar-refractivity contribution < 1.29 is 18.7 Å². The summed E-state index contributed by atoms with van der Waals surface area (Å²) in [7, 11) is 3.06. The normalized spacial score (nSPS) is 10.5. The number of methoxy groups -OCH3 is 2. The lowest BCUT2D eigenvalue weighted by atomic mass is 10.1. The average Bonchev–Trinajstić information content (AvgIpc) is 3.12. The predicted octanol–water partition coefficient (Wildman–Crippen LogP) is 4.41. The van der Waals surface area contributed by atoms with Gasteiger partial charge in [0.05, 0.1) is 25.5 Å². The van der Waals surface area contributed by atoms with Crippen LogP contribution in [0.25, 0.3) is 0 Å². The van der Waals surface area contributed by atoms with Crippen molar-refractivity contribution in [1.82, 2.24) is 10.2 Å². The molecule has 3 aromatic rings. The monoisotopic (exact) mass is 405 g/mol. The summed E-state index contributed by atoms with van der Waals surface area (Å²) in [5.74, 6) is 0.850. The minimum atomic E-state index is -0.335. The fourth-order valence-electron chi connectivity index (χ4n) is 2.24. The minimum Gasteiger partial charge on any atom is -0.497 e. The molecule has 0 saturated carbocycles. The van der Waals surface area contributed by atoms with Gasteiger partial charge in [0.1, 0.15) is 17.3 Å². The van der Waals surface area contributed by atoms with Crippen LogP contribution in [-0.2, 0) is 0 Å². The maximum absolute atomic E-state index is 13.2. The van der Waals surface area contributed by atoms with Crippen LogP contribution < -0.4 is 14.8 Å². The summed E-state index contributed by atoms with van der Waals surface area (Å²) in [6, 6.07) is 11.1. The SMILES string of the molecule is COc1ccc(C(=O)CSc2nnc(Nc3cccc(F)c3)s2)c(OC)c1. The van der Waals surface area contributed by atoms with Crippen LogP contribution in [0.3, 0.4) is 0 Å². The summed E-state index contributed by atoms with van der Waals surface area (Å²) in [4.78, 5) is 12.5. The van der Waals surface area contributed by atoms with E-state index in [0.717, 1.165) is 0 Å². The molecule has 9 heteroatoms. The average molecular weight is 405 g/mol. The van der Waals surface area contributed by atoms with E-state index in [2.05, 4.69) is 15.5 Å². The molecular formula is C18H16FN3O3S2. The maximum atomic E-state index is 13.2. The zero-order valence-corrected chi connectivity index (χ0v) is 16.2. The van der Waals surface area contributed by atoms with Crippen molar-refractivity contribution in [1.29, 1.82) is 0 Å². The molecule has 0 aliphatic carbocycles. The molecule has 0 saturated heterocycles. The number of hydrogen-bond acceptors (Lipinski definition) is 8. The van der Waals surface area contributed by atoms with Gasteiger partial charge in [-0.25, -0.2) is 4.39 Å². The van der Waals surface area contributed by atoms with Gasteiger partial charge in [-0.15, -0.1) is 10.2 Å². The Kier molecular flexibility index (Phi) is 6.25. The van der Waals surface area contributed by atoms with Crippen LogP contribution >= 0.6 is 23.1 Å². The number of nitrogens with zero attached hydrogens (tertiary/aromatic N) is 2. The first-order valence-corrected chi connectivity index (χ1v) is 9.63. The first kappa shape index (κ1) is 19.1. The highest BCUT2D eigenvalue weighted by Crippen LogP contribution is 2.30. The number of hydrogen-bond donors (Lipinski definition) is 1. The van der Waals surface area contributed by atoms with E-state index in [0.29, 0.717) is 32.2 Å². The fourth-order valence-corrected chi connectivity index (χ4v) is 3.90. The van der Waals surface area contributed by atoms with Crippen molar-refractivity contribution in [2.24, 2.45) is 0 Å². The molecule has 0 atom stereocenters. The van der Waals surface area contributed by atoms with Crippen LogP contribution in [-0.4, -0.2) is 36.0 Å². The van der Waals surface area contributed by atoms with Crippen molar-refractivity contribution in [3.63, 3.8) is 0 Å². The highest BCUT2D eigenvalue weighted by atomic mass is 32.2. The Balaban J connectivity index is 1.62. The number of thioether (sulfide) groups is 1. The zero-order chi connectivity index (χ0) is 19.2. The summed E-state index contributed by atoms with van der Waals surface area (Å²) in [5.41, 5.74) is 1.06. The molecule has 0 spiro atoms. The summed E-state index contributed by atoms with van der Waals surface area (Å²) >= 11 is 2.57. The number of aromatic nitrogens is 2. The number of rotatable bonds is 8. The van der Waals surface area contributed by atoms with Crippen LogP contribution in [0.2, 0.25) is 0 Å².